The van der Waals surface area contributed by atoms with Gasteiger partial charge in [-0.25, -0.2) is 4.98 Å². The molecular formula is C13H21N3O2. The number of aromatic nitrogens is 1. The number of pyridine rings is 1. The van der Waals surface area contributed by atoms with Crippen LogP contribution in [0.4, 0.5) is 0 Å². The Labute approximate surface area is 108 Å². The predicted molar refractivity (Wildman–Crippen MR) is 70.5 cm³/mol. The molecule has 1 amide bonds. The molecule has 0 fully saturated rings. The standard InChI is InChI=1S/C13H21N3O2/c1-10-6-5-7-11(15-10)12(17)14-8-13(2,18)9-16(3)4/h5-7,18H,8-9H2,1-4H3,(H,14,17). The Morgan fingerprint density at radius 3 is 2.72 bits per heavy atom. The van der Waals surface area contributed by atoms with Crippen molar-refractivity contribution in [2.45, 2.75) is 19.4 Å². The van der Waals surface area contributed by atoms with E-state index in [9.17, 15) is 9.90 Å². The monoisotopic (exact) mass is 251 g/mol. The van der Waals surface area contributed by atoms with E-state index in [-0.39, 0.29) is 12.5 Å². The lowest BCUT2D eigenvalue weighted by atomic mass is 10.1. The van der Waals surface area contributed by atoms with Gasteiger partial charge in [-0.2, -0.15) is 0 Å². The minimum absolute atomic E-state index is 0.194. The maximum atomic E-state index is 11.8. The summed E-state index contributed by atoms with van der Waals surface area (Å²) >= 11 is 0. The van der Waals surface area contributed by atoms with Gasteiger partial charge < -0.3 is 15.3 Å². The molecule has 1 unspecified atom stereocenters. The van der Waals surface area contributed by atoms with E-state index in [1.165, 1.54) is 0 Å². The molecule has 0 aliphatic carbocycles. The summed E-state index contributed by atoms with van der Waals surface area (Å²) in [5.74, 6) is -0.266. The Balaban J connectivity index is 2.56. The van der Waals surface area contributed by atoms with Crippen molar-refractivity contribution in [1.82, 2.24) is 15.2 Å². The van der Waals surface area contributed by atoms with Crippen LogP contribution in [0.25, 0.3) is 0 Å². The van der Waals surface area contributed by atoms with Crippen LogP contribution in [0.2, 0.25) is 0 Å². The summed E-state index contributed by atoms with van der Waals surface area (Å²) in [7, 11) is 3.75. The predicted octanol–water partition coefficient (Wildman–Crippen LogP) is 0.432. The highest BCUT2D eigenvalue weighted by Crippen LogP contribution is 2.04. The second-order valence-corrected chi connectivity index (χ2v) is 5.08. The van der Waals surface area contributed by atoms with Crippen LogP contribution in [0.3, 0.4) is 0 Å². The molecule has 1 rings (SSSR count). The fourth-order valence-electron chi connectivity index (χ4n) is 1.77. The maximum absolute atomic E-state index is 11.8. The number of aliphatic hydroxyl groups is 1. The molecule has 0 aliphatic heterocycles. The van der Waals surface area contributed by atoms with Gasteiger partial charge in [0.2, 0.25) is 0 Å². The van der Waals surface area contributed by atoms with Crippen LogP contribution in [0.15, 0.2) is 18.2 Å². The molecule has 1 heterocycles. The third-order valence-electron chi connectivity index (χ3n) is 2.41. The van der Waals surface area contributed by atoms with Gasteiger partial charge in [-0.1, -0.05) is 6.07 Å². The summed E-state index contributed by atoms with van der Waals surface area (Å²) in [6, 6.07) is 5.27. The molecule has 2 N–H and O–H groups in total. The van der Waals surface area contributed by atoms with E-state index in [2.05, 4.69) is 10.3 Å². The molecule has 0 saturated heterocycles. The van der Waals surface area contributed by atoms with Crippen molar-refractivity contribution in [3.05, 3.63) is 29.6 Å². The van der Waals surface area contributed by atoms with Crippen LogP contribution in [-0.4, -0.2) is 53.7 Å². The summed E-state index contributed by atoms with van der Waals surface area (Å²) in [5, 5.41) is 12.8. The summed E-state index contributed by atoms with van der Waals surface area (Å²) in [5.41, 5.74) is 0.210. The number of amides is 1. The zero-order chi connectivity index (χ0) is 13.8. The molecule has 18 heavy (non-hydrogen) atoms. The molecule has 0 radical (unpaired) electrons. The van der Waals surface area contributed by atoms with E-state index in [4.69, 9.17) is 0 Å². The Kier molecular flexibility index (Phi) is 4.81. The molecule has 100 valence electrons. The molecule has 5 heteroatoms. The van der Waals surface area contributed by atoms with Gasteiger partial charge in [-0.3, -0.25) is 4.79 Å². The van der Waals surface area contributed by atoms with E-state index in [1.807, 2.05) is 32.0 Å². The maximum Gasteiger partial charge on any atom is 0.269 e. The van der Waals surface area contributed by atoms with Crippen LogP contribution in [0.1, 0.15) is 23.1 Å². The molecule has 0 bridgehead atoms. The van der Waals surface area contributed by atoms with Gasteiger partial charge in [-0.15, -0.1) is 0 Å². The number of aryl methyl sites for hydroxylation is 1. The van der Waals surface area contributed by atoms with Crippen molar-refractivity contribution in [3.63, 3.8) is 0 Å². The fourth-order valence-corrected chi connectivity index (χ4v) is 1.77. The van der Waals surface area contributed by atoms with Gasteiger partial charge in [0.25, 0.3) is 5.91 Å². The number of rotatable bonds is 5. The van der Waals surface area contributed by atoms with Crippen molar-refractivity contribution in [1.29, 1.82) is 0 Å². The Morgan fingerprint density at radius 1 is 1.50 bits per heavy atom. The van der Waals surface area contributed by atoms with E-state index in [1.54, 1.807) is 19.1 Å². The highest BCUT2D eigenvalue weighted by atomic mass is 16.3. The SMILES string of the molecule is Cc1cccc(C(=O)NCC(C)(O)CN(C)C)n1. The highest BCUT2D eigenvalue weighted by molar-refractivity contribution is 5.92. The number of likely N-dealkylation sites (N-methyl/N-ethyl adjacent to an activating group) is 1. The molecule has 0 aliphatic rings. The van der Waals surface area contributed by atoms with Crippen molar-refractivity contribution < 1.29 is 9.90 Å². The third kappa shape index (κ3) is 4.81. The van der Waals surface area contributed by atoms with E-state index in [0.717, 1.165) is 5.69 Å². The van der Waals surface area contributed by atoms with Crippen LogP contribution in [0, 0.1) is 6.92 Å². The lowest BCUT2D eigenvalue weighted by Crippen LogP contribution is -2.47. The second kappa shape index (κ2) is 5.93. The average Bonchev–Trinajstić information content (AvgIpc) is 2.24. The topological polar surface area (TPSA) is 65.5 Å². The lowest BCUT2D eigenvalue weighted by Gasteiger charge is -2.26. The quantitative estimate of drug-likeness (QED) is 0.796. The molecule has 5 nitrogen and oxygen atoms in total. The van der Waals surface area contributed by atoms with Crippen molar-refractivity contribution in [2.24, 2.45) is 0 Å². The zero-order valence-corrected chi connectivity index (χ0v) is 11.4. The Hall–Kier alpha value is -1.46. The molecule has 1 aromatic rings. The van der Waals surface area contributed by atoms with Crippen LogP contribution >= 0.6 is 0 Å². The Bertz CT molecular complexity index is 416. The number of nitrogens with zero attached hydrogens (tertiary/aromatic N) is 2. The zero-order valence-electron chi connectivity index (χ0n) is 11.4. The van der Waals surface area contributed by atoms with Crippen LogP contribution in [0.5, 0.6) is 0 Å². The van der Waals surface area contributed by atoms with Crippen molar-refractivity contribution in [3.8, 4) is 0 Å². The van der Waals surface area contributed by atoms with E-state index in [0.29, 0.717) is 12.2 Å². The van der Waals surface area contributed by atoms with Gasteiger partial charge in [0.15, 0.2) is 0 Å². The Morgan fingerprint density at radius 2 is 2.17 bits per heavy atom. The molecule has 0 saturated carbocycles. The third-order valence-corrected chi connectivity index (χ3v) is 2.41. The first kappa shape index (κ1) is 14.6. The summed E-state index contributed by atoms with van der Waals surface area (Å²) in [4.78, 5) is 17.8. The highest BCUT2D eigenvalue weighted by Gasteiger charge is 2.22. The van der Waals surface area contributed by atoms with Crippen LogP contribution in [-0.2, 0) is 0 Å². The average molecular weight is 251 g/mol. The fraction of sp³-hybridized carbons (Fsp3) is 0.538. The minimum Gasteiger partial charge on any atom is -0.387 e. The molecule has 0 aromatic carbocycles. The largest absolute Gasteiger partial charge is 0.387 e. The normalized spacial score (nSPS) is 14.3. The van der Waals surface area contributed by atoms with Gasteiger partial charge >= 0.3 is 0 Å². The molecular weight excluding hydrogens is 230 g/mol. The van der Waals surface area contributed by atoms with E-state index >= 15 is 0 Å². The van der Waals surface area contributed by atoms with Gasteiger partial charge in [-0.05, 0) is 40.1 Å². The smallest absolute Gasteiger partial charge is 0.269 e. The summed E-state index contributed by atoms with van der Waals surface area (Å²) < 4.78 is 0. The second-order valence-electron chi connectivity index (χ2n) is 5.08. The number of carbonyl (C=O) groups is 1. The van der Waals surface area contributed by atoms with Crippen LogP contribution < -0.4 is 5.32 Å². The lowest BCUT2D eigenvalue weighted by molar-refractivity contribution is 0.0325. The number of hydrogen-bond acceptors (Lipinski definition) is 4. The van der Waals surface area contributed by atoms with E-state index < -0.39 is 5.60 Å². The minimum atomic E-state index is -0.955. The van der Waals surface area contributed by atoms with Gasteiger partial charge in [0.1, 0.15) is 5.69 Å². The van der Waals surface area contributed by atoms with Crippen molar-refractivity contribution in [2.75, 3.05) is 27.2 Å². The first-order valence-electron chi connectivity index (χ1n) is 5.89. The summed E-state index contributed by atoms with van der Waals surface area (Å²) in [6.45, 7) is 4.20. The van der Waals surface area contributed by atoms with Gasteiger partial charge in [0, 0.05) is 18.8 Å². The molecule has 1 atom stereocenters. The molecule has 1 aromatic heterocycles. The number of hydrogen-bond donors (Lipinski definition) is 2. The van der Waals surface area contributed by atoms with Crippen molar-refractivity contribution >= 4 is 5.91 Å². The number of carbonyl (C=O) groups excluding carboxylic acids is 1. The van der Waals surface area contributed by atoms with Gasteiger partial charge in [0.05, 0.1) is 5.60 Å². The summed E-state index contributed by atoms with van der Waals surface area (Å²) in [6.07, 6.45) is 0. The first-order chi connectivity index (χ1) is 8.30. The molecule has 0 spiro atoms. The first-order valence-corrected chi connectivity index (χ1v) is 5.89. The number of nitrogens with one attached hydrogen (secondary N) is 1.